The van der Waals surface area contributed by atoms with Crippen LogP contribution in [0.1, 0.15) is 0 Å². The summed E-state index contributed by atoms with van der Waals surface area (Å²) in [6.45, 7) is 0. The SMILES string of the molecule is Clc1cc(-c2cnc3c(Cl)cccn23)cs1. The Morgan fingerprint density at radius 3 is 2.94 bits per heavy atom. The summed E-state index contributed by atoms with van der Waals surface area (Å²) in [5.74, 6) is 0. The molecule has 2 nitrogen and oxygen atoms in total. The highest BCUT2D eigenvalue weighted by Gasteiger charge is 2.09. The molecule has 0 bridgehead atoms. The predicted octanol–water partition coefficient (Wildman–Crippen LogP) is 4.37. The van der Waals surface area contributed by atoms with Crippen molar-refractivity contribution >= 4 is 40.2 Å². The van der Waals surface area contributed by atoms with E-state index in [1.54, 1.807) is 6.20 Å². The fourth-order valence-electron chi connectivity index (χ4n) is 1.63. The van der Waals surface area contributed by atoms with Gasteiger partial charge in [-0.2, -0.15) is 0 Å². The van der Waals surface area contributed by atoms with E-state index in [1.807, 2.05) is 34.2 Å². The van der Waals surface area contributed by atoms with Gasteiger partial charge >= 0.3 is 0 Å². The summed E-state index contributed by atoms with van der Waals surface area (Å²) in [6.07, 6.45) is 3.74. The molecule has 80 valence electrons. The summed E-state index contributed by atoms with van der Waals surface area (Å²) in [6, 6.07) is 5.65. The van der Waals surface area contributed by atoms with E-state index in [0.29, 0.717) is 5.02 Å². The van der Waals surface area contributed by atoms with E-state index in [9.17, 15) is 0 Å². The Kier molecular flexibility index (Phi) is 2.39. The lowest BCUT2D eigenvalue weighted by atomic mass is 10.2. The molecular weight excluding hydrogens is 263 g/mol. The zero-order chi connectivity index (χ0) is 11.1. The van der Waals surface area contributed by atoms with E-state index in [-0.39, 0.29) is 0 Å². The second-order valence-corrected chi connectivity index (χ2v) is 5.28. The Balaban J connectivity index is 2.29. The Hall–Kier alpha value is -1.03. The minimum Gasteiger partial charge on any atom is -0.298 e. The van der Waals surface area contributed by atoms with Gasteiger partial charge in [0, 0.05) is 17.1 Å². The molecular formula is C11H6Cl2N2S. The summed E-state index contributed by atoms with van der Waals surface area (Å²) in [7, 11) is 0. The number of hydrogen-bond donors (Lipinski definition) is 0. The molecule has 0 fully saturated rings. The standard InChI is InChI=1S/C11H6Cl2N2S/c12-8-2-1-3-15-9(5-14-11(8)15)7-4-10(13)16-6-7/h1-6H. The second-order valence-electron chi connectivity index (χ2n) is 3.33. The van der Waals surface area contributed by atoms with E-state index in [1.165, 1.54) is 11.3 Å². The fraction of sp³-hybridized carbons (Fsp3) is 0. The van der Waals surface area contributed by atoms with Gasteiger partial charge in [0.1, 0.15) is 0 Å². The van der Waals surface area contributed by atoms with Crippen molar-refractivity contribution in [1.29, 1.82) is 0 Å². The first-order valence-electron chi connectivity index (χ1n) is 4.62. The van der Waals surface area contributed by atoms with Gasteiger partial charge in [-0.05, 0) is 18.2 Å². The van der Waals surface area contributed by atoms with Crippen LogP contribution in [0, 0.1) is 0 Å². The first-order chi connectivity index (χ1) is 7.75. The van der Waals surface area contributed by atoms with Gasteiger partial charge in [-0.25, -0.2) is 4.98 Å². The van der Waals surface area contributed by atoms with E-state index >= 15 is 0 Å². The molecule has 0 amide bonds. The second kappa shape index (κ2) is 3.77. The van der Waals surface area contributed by atoms with Crippen molar-refractivity contribution in [1.82, 2.24) is 9.38 Å². The molecule has 0 atom stereocenters. The van der Waals surface area contributed by atoms with Crippen LogP contribution in [0.25, 0.3) is 16.9 Å². The molecule has 0 N–H and O–H groups in total. The monoisotopic (exact) mass is 268 g/mol. The van der Waals surface area contributed by atoms with E-state index in [0.717, 1.165) is 21.2 Å². The third-order valence-electron chi connectivity index (χ3n) is 2.35. The highest BCUT2D eigenvalue weighted by Crippen LogP contribution is 2.30. The number of aromatic nitrogens is 2. The van der Waals surface area contributed by atoms with E-state index in [2.05, 4.69) is 4.98 Å². The van der Waals surface area contributed by atoms with Crippen LogP contribution in [0.2, 0.25) is 9.36 Å². The molecule has 0 spiro atoms. The molecule has 0 aliphatic rings. The highest BCUT2D eigenvalue weighted by atomic mass is 35.5. The van der Waals surface area contributed by atoms with Crippen molar-refractivity contribution in [3.63, 3.8) is 0 Å². The number of imidazole rings is 1. The van der Waals surface area contributed by atoms with Gasteiger partial charge in [0.2, 0.25) is 0 Å². The number of halogens is 2. The van der Waals surface area contributed by atoms with Crippen molar-refractivity contribution in [3.8, 4) is 11.3 Å². The van der Waals surface area contributed by atoms with Crippen molar-refractivity contribution in [2.75, 3.05) is 0 Å². The van der Waals surface area contributed by atoms with Crippen LogP contribution in [0.4, 0.5) is 0 Å². The Bertz CT molecular complexity index is 657. The van der Waals surface area contributed by atoms with Gasteiger partial charge in [-0.3, -0.25) is 4.40 Å². The minimum absolute atomic E-state index is 0.648. The third-order valence-corrected chi connectivity index (χ3v) is 3.74. The van der Waals surface area contributed by atoms with Crippen molar-refractivity contribution in [2.24, 2.45) is 0 Å². The average molecular weight is 269 g/mol. The molecule has 0 radical (unpaired) electrons. The third kappa shape index (κ3) is 1.52. The van der Waals surface area contributed by atoms with Crippen molar-refractivity contribution in [2.45, 2.75) is 0 Å². The van der Waals surface area contributed by atoms with E-state index < -0.39 is 0 Å². The minimum atomic E-state index is 0.648. The maximum Gasteiger partial charge on any atom is 0.156 e. The van der Waals surface area contributed by atoms with Crippen molar-refractivity contribution < 1.29 is 0 Å². The zero-order valence-electron chi connectivity index (χ0n) is 8.02. The predicted molar refractivity (Wildman–Crippen MR) is 68.5 cm³/mol. The molecule has 0 saturated carbocycles. The summed E-state index contributed by atoms with van der Waals surface area (Å²) < 4.78 is 2.73. The lowest BCUT2D eigenvalue weighted by Gasteiger charge is -1.99. The summed E-state index contributed by atoms with van der Waals surface area (Å²) in [4.78, 5) is 4.30. The van der Waals surface area contributed by atoms with Crippen molar-refractivity contribution in [3.05, 3.63) is 45.3 Å². The van der Waals surface area contributed by atoms with Crippen LogP contribution in [0.5, 0.6) is 0 Å². The fourth-order valence-corrected chi connectivity index (χ4v) is 2.72. The molecule has 3 aromatic heterocycles. The van der Waals surface area contributed by atoms with Gasteiger partial charge in [0.25, 0.3) is 0 Å². The maximum absolute atomic E-state index is 6.06. The largest absolute Gasteiger partial charge is 0.298 e. The molecule has 3 heterocycles. The zero-order valence-corrected chi connectivity index (χ0v) is 10.4. The first-order valence-corrected chi connectivity index (χ1v) is 6.25. The maximum atomic E-state index is 6.06. The highest BCUT2D eigenvalue weighted by molar-refractivity contribution is 7.14. The molecule has 0 aliphatic carbocycles. The molecule has 0 unspecified atom stereocenters. The van der Waals surface area contributed by atoms with Crippen LogP contribution in [-0.4, -0.2) is 9.38 Å². The first kappa shape index (κ1) is 10.1. The van der Waals surface area contributed by atoms with Crippen LogP contribution in [0.3, 0.4) is 0 Å². The smallest absolute Gasteiger partial charge is 0.156 e. The summed E-state index contributed by atoms with van der Waals surface area (Å²) in [5.41, 5.74) is 2.83. The van der Waals surface area contributed by atoms with Crippen LogP contribution in [-0.2, 0) is 0 Å². The number of thiophene rings is 1. The van der Waals surface area contributed by atoms with Gasteiger partial charge < -0.3 is 0 Å². The number of pyridine rings is 1. The summed E-state index contributed by atoms with van der Waals surface area (Å²) in [5, 5.41) is 2.65. The van der Waals surface area contributed by atoms with Gasteiger partial charge in [0.15, 0.2) is 5.65 Å². The lowest BCUT2D eigenvalue weighted by molar-refractivity contribution is 1.19. The molecule has 3 aromatic rings. The number of fused-ring (bicyclic) bond motifs is 1. The Labute approximate surface area is 106 Å². The van der Waals surface area contributed by atoms with Gasteiger partial charge in [-0.1, -0.05) is 23.2 Å². The normalized spacial score (nSPS) is 11.1. The quantitative estimate of drug-likeness (QED) is 0.641. The topological polar surface area (TPSA) is 17.3 Å². The number of hydrogen-bond acceptors (Lipinski definition) is 2. The summed E-state index contributed by atoms with van der Waals surface area (Å²) >= 11 is 13.5. The molecule has 0 aromatic carbocycles. The van der Waals surface area contributed by atoms with Crippen LogP contribution in [0.15, 0.2) is 36.0 Å². The Morgan fingerprint density at radius 1 is 1.31 bits per heavy atom. The van der Waals surface area contributed by atoms with E-state index in [4.69, 9.17) is 23.2 Å². The average Bonchev–Trinajstić information content (AvgIpc) is 2.84. The van der Waals surface area contributed by atoms with Gasteiger partial charge in [0.05, 0.1) is 21.2 Å². The number of rotatable bonds is 1. The molecule has 5 heteroatoms. The van der Waals surface area contributed by atoms with Gasteiger partial charge in [-0.15, -0.1) is 11.3 Å². The number of nitrogens with zero attached hydrogens (tertiary/aromatic N) is 2. The van der Waals surface area contributed by atoms with Crippen LogP contribution < -0.4 is 0 Å². The lowest BCUT2D eigenvalue weighted by Crippen LogP contribution is -1.86. The van der Waals surface area contributed by atoms with Crippen LogP contribution >= 0.6 is 34.5 Å². The molecule has 16 heavy (non-hydrogen) atoms. The molecule has 0 aliphatic heterocycles. The molecule has 3 rings (SSSR count). The Morgan fingerprint density at radius 2 is 2.19 bits per heavy atom. The molecule has 0 saturated heterocycles.